The van der Waals surface area contributed by atoms with Crippen LogP contribution in [0, 0.1) is 0 Å². The molecule has 6 heteroatoms. The van der Waals surface area contributed by atoms with Crippen LogP contribution in [0.15, 0.2) is 4.99 Å². The van der Waals surface area contributed by atoms with Crippen molar-refractivity contribution in [1.29, 1.82) is 0 Å². The minimum Gasteiger partial charge on any atom is -0.385 e. The zero-order valence-electron chi connectivity index (χ0n) is 12.2. The van der Waals surface area contributed by atoms with Gasteiger partial charge in [0.05, 0.1) is 6.54 Å². The van der Waals surface area contributed by atoms with E-state index in [2.05, 4.69) is 22.0 Å². The molecule has 0 bridgehead atoms. The largest absolute Gasteiger partial charge is 0.385 e. The molecule has 112 valence electrons. The predicted octanol–water partition coefficient (Wildman–Crippen LogP) is 1.50. The van der Waals surface area contributed by atoms with E-state index in [-0.39, 0.29) is 0 Å². The maximum absolute atomic E-state index is 5.51. The van der Waals surface area contributed by atoms with Crippen LogP contribution in [0.1, 0.15) is 38.5 Å². The number of thioether (sulfide) groups is 1. The fourth-order valence-corrected chi connectivity index (χ4v) is 3.31. The van der Waals surface area contributed by atoms with E-state index in [1.807, 2.05) is 11.8 Å². The molecule has 0 aromatic rings. The molecule has 0 radical (unpaired) electrons. The topological polar surface area (TPSA) is 71.7 Å². The van der Waals surface area contributed by atoms with Crippen molar-refractivity contribution in [2.24, 2.45) is 10.8 Å². The number of guanidine groups is 1. The van der Waals surface area contributed by atoms with Crippen molar-refractivity contribution in [2.45, 2.75) is 43.3 Å². The first kappa shape index (κ1) is 16.6. The highest BCUT2D eigenvalue weighted by molar-refractivity contribution is 8.00. The summed E-state index contributed by atoms with van der Waals surface area (Å²) in [7, 11) is 1.71. The molecule has 0 aromatic heterocycles. The zero-order valence-corrected chi connectivity index (χ0v) is 13.0. The van der Waals surface area contributed by atoms with Crippen LogP contribution in [-0.4, -0.2) is 43.8 Å². The van der Waals surface area contributed by atoms with Crippen molar-refractivity contribution in [2.75, 3.05) is 33.1 Å². The Balaban J connectivity index is 2.40. The third kappa shape index (κ3) is 6.01. The molecule has 0 unspecified atom stereocenters. The van der Waals surface area contributed by atoms with Crippen LogP contribution in [0.3, 0.4) is 0 Å². The van der Waals surface area contributed by atoms with Gasteiger partial charge in [0.15, 0.2) is 0 Å². The first-order valence-corrected chi connectivity index (χ1v) is 8.28. The molecule has 19 heavy (non-hydrogen) atoms. The molecule has 1 aliphatic carbocycles. The number of nitrogens with two attached hydrogens (primary N) is 1. The number of aliphatic imine (C=N–C) groups is 1. The summed E-state index contributed by atoms with van der Waals surface area (Å²) in [5, 5.41) is 3.21. The van der Waals surface area contributed by atoms with Crippen molar-refractivity contribution in [3.63, 3.8) is 0 Å². The van der Waals surface area contributed by atoms with E-state index in [1.165, 1.54) is 32.1 Å². The van der Waals surface area contributed by atoms with E-state index < -0.39 is 0 Å². The lowest BCUT2D eigenvalue weighted by atomic mass is 9.88. The van der Waals surface area contributed by atoms with Gasteiger partial charge in [0.2, 0.25) is 5.96 Å². The summed E-state index contributed by atoms with van der Waals surface area (Å²) in [6, 6.07) is 0. The van der Waals surface area contributed by atoms with Gasteiger partial charge in [0.1, 0.15) is 0 Å². The number of nitrogens with zero attached hydrogens (tertiary/aromatic N) is 1. The first-order valence-electron chi connectivity index (χ1n) is 7.05. The standard InChI is InChI=1S/C13H28N4OS/c1-18-10-6-9-15-12(17-14)16-11-13(19-2)7-4-3-5-8-13/h3-11,14H2,1-2H3,(H2,15,16,17). The molecule has 0 saturated heterocycles. The number of methoxy groups -OCH3 is 1. The number of nitrogens with one attached hydrogen (secondary N) is 2. The Bertz CT molecular complexity index is 267. The third-order valence-corrected chi connectivity index (χ3v) is 5.08. The molecular weight excluding hydrogens is 260 g/mol. The maximum Gasteiger partial charge on any atom is 0.205 e. The van der Waals surface area contributed by atoms with Gasteiger partial charge in [-0.25, -0.2) is 5.84 Å². The Kier molecular flexibility index (Phi) is 8.25. The van der Waals surface area contributed by atoms with Crippen molar-refractivity contribution >= 4 is 17.7 Å². The Morgan fingerprint density at radius 3 is 2.68 bits per heavy atom. The van der Waals surface area contributed by atoms with Crippen LogP contribution in [-0.2, 0) is 4.74 Å². The molecular formula is C13H28N4OS. The van der Waals surface area contributed by atoms with Gasteiger partial charge in [0.25, 0.3) is 0 Å². The van der Waals surface area contributed by atoms with Gasteiger partial charge < -0.3 is 10.1 Å². The summed E-state index contributed by atoms with van der Waals surface area (Å²) in [4.78, 5) is 4.61. The highest BCUT2D eigenvalue weighted by Gasteiger charge is 2.30. The van der Waals surface area contributed by atoms with E-state index in [4.69, 9.17) is 10.6 Å². The van der Waals surface area contributed by atoms with E-state index in [9.17, 15) is 0 Å². The summed E-state index contributed by atoms with van der Waals surface area (Å²) < 4.78 is 5.33. The Labute approximate surface area is 121 Å². The van der Waals surface area contributed by atoms with Gasteiger partial charge in [0, 0.05) is 25.0 Å². The Morgan fingerprint density at radius 1 is 1.37 bits per heavy atom. The zero-order chi connectivity index (χ0) is 14.0. The van der Waals surface area contributed by atoms with Crippen molar-refractivity contribution in [1.82, 2.24) is 10.7 Å². The number of ether oxygens (including phenoxy) is 1. The van der Waals surface area contributed by atoms with Crippen LogP contribution < -0.4 is 16.6 Å². The summed E-state index contributed by atoms with van der Waals surface area (Å²) in [5.74, 6) is 6.20. The van der Waals surface area contributed by atoms with Gasteiger partial charge in [-0.2, -0.15) is 11.8 Å². The number of rotatable bonds is 7. The molecule has 0 amide bonds. The highest BCUT2D eigenvalue weighted by Crippen LogP contribution is 2.38. The third-order valence-electron chi connectivity index (χ3n) is 3.68. The lowest BCUT2D eigenvalue weighted by molar-refractivity contribution is 0.195. The van der Waals surface area contributed by atoms with Crippen molar-refractivity contribution in [3.8, 4) is 0 Å². The second-order valence-corrected chi connectivity index (χ2v) is 6.30. The van der Waals surface area contributed by atoms with Gasteiger partial charge in [-0.3, -0.25) is 10.4 Å². The van der Waals surface area contributed by atoms with Crippen LogP contribution in [0.25, 0.3) is 0 Å². The molecule has 0 aromatic carbocycles. The van der Waals surface area contributed by atoms with E-state index in [0.29, 0.717) is 10.7 Å². The quantitative estimate of drug-likeness (QED) is 0.218. The maximum atomic E-state index is 5.51. The average Bonchev–Trinajstić information content (AvgIpc) is 2.47. The lowest BCUT2D eigenvalue weighted by Gasteiger charge is -2.34. The fraction of sp³-hybridized carbons (Fsp3) is 0.923. The SMILES string of the molecule is COCCCNC(=NCC1(SC)CCCCC1)NN. The smallest absolute Gasteiger partial charge is 0.205 e. The summed E-state index contributed by atoms with van der Waals surface area (Å²) in [6.07, 6.45) is 9.68. The lowest BCUT2D eigenvalue weighted by Crippen LogP contribution is -2.43. The van der Waals surface area contributed by atoms with Crippen LogP contribution >= 0.6 is 11.8 Å². The van der Waals surface area contributed by atoms with Crippen LogP contribution in [0.5, 0.6) is 0 Å². The molecule has 4 N–H and O–H groups in total. The molecule has 1 fully saturated rings. The second-order valence-electron chi connectivity index (χ2n) is 5.03. The first-order chi connectivity index (χ1) is 9.26. The molecule has 5 nitrogen and oxygen atoms in total. The van der Waals surface area contributed by atoms with Crippen LogP contribution in [0.4, 0.5) is 0 Å². The summed E-state index contributed by atoms with van der Waals surface area (Å²) >= 11 is 1.95. The summed E-state index contributed by atoms with van der Waals surface area (Å²) in [5.41, 5.74) is 2.65. The highest BCUT2D eigenvalue weighted by atomic mass is 32.2. The van der Waals surface area contributed by atoms with Gasteiger partial charge in [-0.15, -0.1) is 0 Å². The number of hydrogen-bond acceptors (Lipinski definition) is 4. The van der Waals surface area contributed by atoms with Gasteiger partial charge >= 0.3 is 0 Å². The summed E-state index contributed by atoms with van der Waals surface area (Å²) in [6.45, 7) is 2.41. The van der Waals surface area contributed by atoms with Crippen molar-refractivity contribution in [3.05, 3.63) is 0 Å². The average molecular weight is 288 g/mol. The monoisotopic (exact) mass is 288 g/mol. The van der Waals surface area contributed by atoms with Crippen molar-refractivity contribution < 1.29 is 4.74 Å². The fourth-order valence-electron chi connectivity index (χ4n) is 2.42. The normalized spacial score (nSPS) is 19.2. The van der Waals surface area contributed by atoms with E-state index in [0.717, 1.165) is 26.1 Å². The number of hydrazine groups is 1. The molecule has 1 rings (SSSR count). The van der Waals surface area contributed by atoms with Gasteiger partial charge in [-0.1, -0.05) is 19.3 Å². The second kappa shape index (κ2) is 9.44. The minimum atomic E-state index is 0.314. The van der Waals surface area contributed by atoms with Crippen LogP contribution in [0.2, 0.25) is 0 Å². The minimum absolute atomic E-state index is 0.314. The molecule has 0 aliphatic heterocycles. The molecule has 0 heterocycles. The molecule has 0 atom stereocenters. The molecule has 0 spiro atoms. The molecule has 1 saturated carbocycles. The van der Waals surface area contributed by atoms with E-state index in [1.54, 1.807) is 7.11 Å². The van der Waals surface area contributed by atoms with E-state index >= 15 is 0 Å². The number of hydrogen-bond donors (Lipinski definition) is 3. The van der Waals surface area contributed by atoms with Gasteiger partial charge in [-0.05, 0) is 25.5 Å². The molecule has 1 aliphatic rings. The predicted molar refractivity (Wildman–Crippen MR) is 83.5 cm³/mol. The Hall–Kier alpha value is -0.460. The Morgan fingerprint density at radius 2 is 2.11 bits per heavy atom.